The minimum atomic E-state index is 0.261. The average Bonchev–Trinajstić information content (AvgIpc) is 2.87. The number of hydrogen-bond acceptors (Lipinski definition) is 3. The second-order valence-electron chi connectivity index (χ2n) is 6.05. The molecule has 0 aliphatic carbocycles. The molecule has 3 rings (SSSR count). The van der Waals surface area contributed by atoms with Crippen LogP contribution < -0.4 is 5.01 Å². The first-order chi connectivity index (χ1) is 8.55. The summed E-state index contributed by atoms with van der Waals surface area (Å²) in [5.74, 6) is 1.15. The number of rotatable bonds is 1. The molecule has 3 heteroatoms. The fourth-order valence-corrected chi connectivity index (χ4v) is 2.67. The van der Waals surface area contributed by atoms with Crippen molar-refractivity contribution in [3.63, 3.8) is 0 Å². The van der Waals surface area contributed by atoms with Crippen LogP contribution in [0.2, 0.25) is 0 Å². The molecule has 0 N–H and O–H groups in total. The van der Waals surface area contributed by atoms with Gasteiger partial charge in [0.1, 0.15) is 5.84 Å². The van der Waals surface area contributed by atoms with Crippen molar-refractivity contribution >= 4 is 11.5 Å². The lowest BCUT2D eigenvalue weighted by atomic mass is 9.85. The largest absolute Gasteiger partial charge is 0.323 e. The van der Waals surface area contributed by atoms with Gasteiger partial charge in [0.2, 0.25) is 6.67 Å². The van der Waals surface area contributed by atoms with E-state index < -0.39 is 0 Å². The van der Waals surface area contributed by atoms with Gasteiger partial charge >= 0.3 is 0 Å². The molecular formula is C15H19N3. The summed E-state index contributed by atoms with van der Waals surface area (Å²) >= 11 is 0. The predicted molar refractivity (Wildman–Crippen MR) is 73.9 cm³/mol. The van der Waals surface area contributed by atoms with Crippen molar-refractivity contribution in [2.24, 2.45) is 10.5 Å². The number of para-hydroxylation sites is 1. The predicted octanol–water partition coefficient (Wildman–Crippen LogP) is 3.33. The fourth-order valence-electron chi connectivity index (χ4n) is 2.67. The van der Waals surface area contributed by atoms with Gasteiger partial charge < -0.3 is 4.90 Å². The van der Waals surface area contributed by atoms with Gasteiger partial charge in [-0.3, -0.25) is 0 Å². The summed E-state index contributed by atoms with van der Waals surface area (Å²) in [5, 5.41) is 6.52. The maximum absolute atomic E-state index is 4.65. The Morgan fingerprint density at radius 3 is 2.61 bits per heavy atom. The minimum absolute atomic E-state index is 0.261. The van der Waals surface area contributed by atoms with E-state index in [2.05, 4.69) is 49.6 Å². The van der Waals surface area contributed by atoms with Gasteiger partial charge in [0.05, 0.1) is 5.69 Å². The molecule has 1 aromatic rings. The molecule has 0 unspecified atom stereocenters. The van der Waals surface area contributed by atoms with Gasteiger partial charge in [-0.15, -0.1) is 0 Å². The lowest BCUT2D eigenvalue weighted by Gasteiger charge is -2.33. The Balaban J connectivity index is 1.82. The van der Waals surface area contributed by atoms with Crippen LogP contribution in [-0.2, 0) is 0 Å². The summed E-state index contributed by atoms with van der Waals surface area (Å²) < 4.78 is 0. The summed E-state index contributed by atoms with van der Waals surface area (Å²) in [6.07, 6.45) is 2.23. The third-order valence-corrected chi connectivity index (χ3v) is 3.65. The highest BCUT2D eigenvalue weighted by atomic mass is 15.6. The van der Waals surface area contributed by atoms with Crippen molar-refractivity contribution in [1.29, 1.82) is 0 Å². The Morgan fingerprint density at radius 2 is 1.94 bits per heavy atom. The molecular weight excluding hydrogens is 222 g/mol. The Bertz CT molecular complexity index is 458. The first-order valence-electron chi connectivity index (χ1n) is 6.54. The molecule has 0 bridgehead atoms. The van der Waals surface area contributed by atoms with E-state index in [-0.39, 0.29) is 5.41 Å². The normalized spacial score (nSPS) is 23.3. The van der Waals surface area contributed by atoms with Crippen molar-refractivity contribution < 1.29 is 0 Å². The zero-order valence-corrected chi connectivity index (χ0v) is 11.2. The number of hydrogen-bond donors (Lipinski definition) is 0. The number of anilines is 1. The van der Waals surface area contributed by atoms with Gasteiger partial charge in [-0.05, 0) is 24.0 Å². The van der Waals surface area contributed by atoms with Crippen molar-refractivity contribution in [3.8, 4) is 0 Å². The lowest BCUT2D eigenvalue weighted by Crippen LogP contribution is -2.39. The van der Waals surface area contributed by atoms with Crippen LogP contribution in [0.1, 0.15) is 33.6 Å². The second-order valence-corrected chi connectivity index (χ2v) is 6.05. The molecule has 0 saturated carbocycles. The third-order valence-electron chi connectivity index (χ3n) is 3.65. The quantitative estimate of drug-likeness (QED) is 0.751. The van der Waals surface area contributed by atoms with E-state index in [1.165, 1.54) is 6.42 Å². The highest BCUT2D eigenvalue weighted by Crippen LogP contribution is 2.38. The van der Waals surface area contributed by atoms with E-state index in [1.54, 1.807) is 0 Å². The van der Waals surface area contributed by atoms with Gasteiger partial charge in [-0.1, -0.05) is 39.0 Å². The molecule has 18 heavy (non-hydrogen) atoms. The molecule has 2 aliphatic rings. The third kappa shape index (κ3) is 1.88. The number of fused-ring (bicyclic) bond motifs is 1. The minimum Gasteiger partial charge on any atom is -0.323 e. The van der Waals surface area contributed by atoms with Crippen LogP contribution in [0.3, 0.4) is 0 Å². The molecule has 0 spiro atoms. The molecule has 1 aromatic carbocycles. The summed E-state index contributed by atoms with van der Waals surface area (Å²) in [6.45, 7) is 10.2. The zero-order chi connectivity index (χ0) is 12.8. The first-order valence-corrected chi connectivity index (χ1v) is 6.54. The summed E-state index contributed by atoms with van der Waals surface area (Å²) in [7, 11) is 0. The Hall–Kier alpha value is -1.51. The van der Waals surface area contributed by atoms with Gasteiger partial charge in [-0.25, -0.2) is 5.01 Å². The average molecular weight is 241 g/mol. The van der Waals surface area contributed by atoms with Crippen LogP contribution in [0.15, 0.2) is 35.4 Å². The van der Waals surface area contributed by atoms with Crippen molar-refractivity contribution in [3.05, 3.63) is 37.0 Å². The highest BCUT2D eigenvalue weighted by molar-refractivity contribution is 5.89. The molecule has 2 aliphatic heterocycles. The van der Waals surface area contributed by atoms with Crippen molar-refractivity contribution in [2.75, 3.05) is 5.01 Å². The standard InChI is InChI=1S/C15H19N3/c1-15(2,3)13-9-10-14-16-18(11-17(13)14)12-7-5-4-6-8-12/h4-8,13H,9-10H2,1-3H3/t13-/m1/s1. The van der Waals surface area contributed by atoms with Crippen LogP contribution in [0, 0.1) is 12.1 Å². The molecule has 1 atom stereocenters. The van der Waals surface area contributed by atoms with Gasteiger partial charge in [-0.2, -0.15) is 5.10 Å². The summed E-state index contributed by atoms with van der Waals surface area (Å²) in [5.41, 5.74) is 1.34. The van der Waals surface area contributed by atoms with E-state index in [4.69, 9.17) is 0 Å². The Morgan fingerprint density at radius 1 is 1.22 bits per heavy atom. The van der Waals surface area contributed by atoms with E-state index in [1.807, 2.05) is 23.2 Å². The summed E-state index contributed by atoms with van der Waals surface area (Å²) in [6, 6.07) is 10.7. The van der Waals surface area contributed by atoms with Crippen LogP contribution in [0.25, 0.3) is 0 Å². The molecule has 3 nitrogen and oxygen atoms in total. The number of amidine groups is 1. The van der Waals surface area contributed by atoms with Crippen LogP contribution in [0.4, 0.5) is 5.69 Å². The second kappa shape index (κ2) is 4.01. The number of nitrogens with zero attached hydrogens (tertiary/aromatic N) is 3. The van der Waals surface area contributed by atoms with E-state index >= 15 is 0 Å². The Labute approximate surface area is 109 Å². The maximum Gasteiger partial charge on any atom is 0.233 e. The van der Waals surface area contributed by atoms with Gasteiger partial charge in [0, 0.05) is 12.5 Å². The lowest BCUT2D eigenvalue weighted by molar-refractivity contribution is 0.209. The monoisotopic (exact) mass is 241 g/mol. The topological polar surface area (TPSA) is 18.8 Å². The van der Waals surface area contributed by atoms with Crippen LogP contribution in [-0.4, -0.2) is 16.8 Å². The molecule has 0 aromatic heterocycles. The van der Waals surface area contributed by atoms with E-state index in [0.29, 0.717) is 6.04 Å². The van der Waals surface area contributed by atoms with Gasteiger partial charge in [0.25, 0.3) is 0 Å². The first kappa shape index (κ1) is 11.6. The Kier molecular flexibility index (Phi) is 2.58. The molecule has 2 radical (unpaired) electrons. The molecule has 2 heterocycles. The molecule has 94 valence electrons. The molecule has 1 saturated heterocycles. The number of hydrazone groups is 1. The van der Waals surface area contributed by atoms with Crippen LogP contribution in [0.5, 0.6) is 0 Å². The SMILES string of the molecule is CC(C)(C)[C@H]1CCC2=NN(c3ccccc3)[C]N21. The van der Waals surface area contributed by atoms with Crippen molar-refractivity contribution in [2.45, 2.75) is 39.7 Å². The van der Waals surface area contributed by atoms with Gasteiger partial charge in [0.15, 0.2) is 0 Å². The number of benzene rings is 1. The van der Waals surface area contributed by atoms with Crippen molar-refractivity contribution in [1.82, 2.24) is 4.90 Å². The fraction of sp³-hybridized carbons (Fsp3) is 0.467. The van der Waals surface area contributed by atoms with E-state index in [0.717, 1.165) is 17.9 Å². The van der Waals surface area contributed by atoms with Crippen LogP contribution >= 0.6 is 0 Å². The maximum atomic E-state index is 4.65. The molecule has 1 fully saturated rings. The highest BCUT2D eigenvalue weighted by Gasteiger charge is 2.42. The molecule has 0 amide bonds. The van der Waals surface area contributed by atoms with E-state index in [9.17, 15) is 0 Å². The smallest absolute Gasteiger partial charge is 0.233 e. The summed E-state index contributed by atoms with van der Waals surface area (Å²) in [4.78, 5) is 2.23. The zero-order valence-electron chi connectivity index (χ0n) is 11.2.